The van der Waals surface area contributed by atoms with Crippen LogP contribution in [0.25, 0.3) is 22.0 Å². The van der Waals surface area contributed by atoms with Crippen LogP contribution in [0.1, 0.15) is 23.5 Å². The zero-order chi connectivity index (χ0) is 16.8. The molecule has 0 aliphatic carbocycles. The van der Waals surface area contributed by atoms with Gasteiger partial charge in [0, 0.05) is 23.5 Å². The average molecular weight is 324 g/mol. The summed E-state index contributed by atoms with van der Waals surface area (Å²) in [5, 5.41) is 3.60. The van der Waals surface area contributed by atoms with Gasteiger partial charge in [0.15, 0.2) is 0 Å². The first-order valence-corrected chi connectivity index (χ1v) is 7.85. The van der Waals surface area contributed by atoms with E-state index in [1.54, 1.807) is 13.2 Å². The van der Waals surface area contributed by atoms with E-state index in [9.17, 15) is 9.18 Å². The highest BCUT2D eigenvalue weighted by atomic mass is 19.1. The highest BCUT2D eigenvalue weighted by molar-refractivity contribution is 6.04. The van der Waals surface area contributed by atoms with Gasteiger partial charge in [-0.15, -0.1) is 0 Å². The minimum absolute atomic E-state index is 0.109. The van der Waals surface area contributed by atoms with E-state index in [1.165, 1.54) is 12.1 Å². The van der Waals surface area contributed by atoms with E-state index in [0.717, 1.165) is 27.8 Å². The Hall–Kier alpha value is -2.82. The number of hydrogen-bond donors (Lipinski definition) is 1. The monoisotopic (exact) mass is 324 g/mol. The fourth-order valence-corrected chi connectivity index (χ4v) is 3.38. The van der Waals surface area contributed by atoms with Crippen molar-refractivity contribution in [2.45, 2.75) is 13.0 Å². The Kier molecular flexibility index (Phi) is 3.30. The average Bonchev–Trinajstić information content (AvgIpc) is 2.98. The molecular formula is C19H17FN2O2. The van der Waals surface area contributed by atoms with Gasteiger partial charge in [0.05, 0.1) is 12.6 Å². The molecule has 1 unspecified atom stereocenters. The highest BCUT2D eigenvalue weighted by Gasteiger charge is 2.26. The lowest BCUT2D eigenvalue weighted by molar-refractivity contribution is 0.0919. The van der Waals surface area contributed by atoms with Crippen molar-refractivity contribution in [1.29, 1.82) is 0 Å². The second kappa shape index (κ2) is 5.37. The molecule has 3 aromatic rings. The summed E-state index contributed by atoms with van der Waals surface area (Å²) >= 11 is 0. The number of rotatable bonds is 2. The van der Waals surface area contributed by atoms with Crippen molar-refractivity contribution < 1.29 is 13.9 Å². The second-order valence-corrected chi connectivity index (χ2v) is 6.08. The van der Waals surface area contributed by atoms with Crippen molar-refractivity contribution in [2.24, 2.45) is 0 Å². The molecule has 1 atom stereocenters. The molecule has 0 saturated carbocycles. The van der Waals surface area contributed by atoms with Crippen LogP contribution in [0.4, 0.5) is 4.39 Å². The van der Waals surface area contributed by atoms with Gasteiger partial charge in [-0.05, 0) is 42.8 Å². The summed E-state index contributed by atoms with van der Waals surface area (Å²) in [7, 11) is 1.61. The Morgan fingerprint density at radius 3 is 2.67 bits per heavy atom. The molecule has 0 fully saturated rings. The van der Waals surface area contributed by atoms with Crippen molar-refractivity contribution in [3.05, 3.63) is 54.0 Å². The number of benzene rings is 2. The predicted octanol–water partition coefficient (Wildman–Crippen LogP) is 3.76. The van der Waals surface area contributed by atoms with Crippen LogP contribution < -0.4 is 10.1 Å². The number of carbonyl (C=O) groups is 1. The summed E-state index contributed by atoms with van der Waals surface area (Å²) in [5.74, 6) is 0.311. The number of nitrogens with zero attached hydrogens (tertiary/aromatic N) is 1. The number of aromatic nitrogens is 1. The minimum atomic E-state index is -0.315. The van der Waals surface area contributed by atoms with Gasteiger partial charge >= 0.3 is 0 Å². The zero-order valence-electron chi connectivity index (χ0n) is 13.5. The van der Waals surface area contributed by atoms with Crippen molar-refractivity contribution in [2.75, 3.05) is 13.7 Å². The lowest BCUT2D eigenvalue weighted by atomic mass is 10.0. The summed E-state index contributed by atoms with van der Waals surface area (Å²) in [5.41, 5.74) is 3.13. The largest absolute Gasteiger partial charge is 0.497 e. The van der Waals surface area contributed by atoms with E-state index in [4.69, 9.17) is 4.74 Å². The molecule has 1 aliphatic rings. The van der Waals surface area contributed by atoms with Crippen LogP contribution in [0.15, 0.2) is 42.5 Å². The molecule has 24 heavy (non-hydrogen) atoms. The van der Waals surface area contributed by atoms with Crippen LogP contribution in [-0.4, -0.2) is 24.1 Å². The van der Waals surface area contributed by atoms with Gasteiger partial charge in [-0.25, -0.2) is 4.39 Å². The van der Waals surface area contributed by atoms with Crippen LogP contribution in [0.2, 0.25) is 0 Å². The molecule has 0 spiro atoms. The van der Waals surface area contributed by atoms with Crippen molar-refractivity contribution in [1.82, 2.24) is 9.88 Å². The van der Waals surface area contributed by atoms with Gasteiger partial charge in [-0.2, -0.15) is 0 Å². The van der Waals surface area contributed by atoms with Crippen LogP contribution in [0.3, 0.4) is 0 Å². The number of carbonyl (C=O) groups excluding carboxylic acids is 1. The second-order valence-electron chi connectivity index (χ2n) is 6.08. The SMILES string of the molecule is COc1ccc(-c2cc(F)cc3cc4n(c23)C(C)CNC4=O)cc1. The van der Waals surface area contributed by atoms with E-state index in [1.807, 2.05) is 35.8 Å². The summed E-state index contributed by atoms with van der Waals surface area (Å²) in [6.45, 7) is 2.61. The Morgan fingerprint density at radius 2 is 1.96 bits per heavy atom. The fourth-order valence-electron chi connectivity index (χ4n) is 3.38. The molecule has 1 N–H and O–H groups in total. The fraction of sp³-hybridized carbons (Fsp3) is 0.211. The summed E-state index contributed by atoms with van der Waals surface area (Å²) in [6.07, 6.45) is 0. The molecule has 4 rings (SSSR count). The molecule has 1 aliphatic heterocycles. The smallest absolute Gasteiger partial charge is 0.268 e. The van der Waals surface area contributed by atoms with Gasteiger partial charge in [-0.3, -0.25) is 4.79 Å². The van der Waals surface area contributed by atoms with Gasteiger partial charge < -0.3 is 14.6 Å². The maximum atomic E-state index is 14.2. The summed E-state index contributed by atoms with van der Waals surface area (Å²) in [6, 6.07) is 12.4. The number of amides is 1. The van der Waals surface area contributed by atoms with E-state index < -0.39 is 0 Å². The van der Waals surface area contributed by atoms with Crippen LogP contribution >= 0.6 is 0 Å². The summed E-state index contributed by atoms with van der Waals surface area (Å²) in [4.78, 5) is 12.2. The lowest BCUT2D eigenvalue weighted by Gasteiger charge is -2.25. The van der Waals surface area contributed by atoms with Crippen LogP contribution in [0.5, 0.6) is 5.75 Å². The third-order valence-corrected chi connectivity index (χ3v) is 4.53. The summed E-state index contributed by atoms with van der Waals surface area (Å²) < 4.78 is 21.4. The van der Waals surface area contributed by atoms with E-state index in [-0.39, 0.29) is 17.8 Å². The van der Waals surface area contributed by atoms with Crippen molar-refractivity contribution in [3.63, 3.8) is 0 Å². The number of ether oxygens (including phenoxy) is 1. The number of fused-ring (bicyclic) bond motifs is 3. The third kappa shape index (κ3) is 2.16. The molecule has 2 heterocycles. The number of hydrogen-bond acceptors (Lipinski definition) is 2. The molecule has 4 nitrogen and oxygen atoms in total. The lowest BCUT2D eigenvalue weighted by Crippen LogP contribution is -2.37. The Morgan fingerprint density at radius 1 is 1.21 bits per heavy atom. The molecule has 2 aromatic carbocycles. The molecule has 1 amide bonds. The molecule has 122 valence electrons. The highest BCUT2D eigenvalue weighted by Crippen LogP contribution is 2.35. The number of nitrogens with one attached hydrogen (secondary N) is 1. The van der Waals surface area contributed by atoms with Crippen molar-refractivity contribution in [3.8, 4) is 16.9 Å². The minimum Gasteiger partial charge on any atom is -0.497 e. The number of halogens is 1. The Labute approximate surface area is 138 Å². The molecular weight excluding hydrogens is 307 g/mol. The Bertz CT molecular complexity index is 944. The standard InChI is InChI=1S/C19H17FN2O2/c1-11-10-21-19(23)17-8-13-7-14(20)9-16(18(13)22(11)17)12-3-5-15(24-2)6-4-12/h3-9,11H,10H2,1-2H3,(H,21,23). The topological polar surface area (TPSA) is 43.3 Å². The maximum absolute atomic E-state index is 14.2. The van der Waals surface area contributed by atoms with Crippen LogP contribution in [-0.2, 0) is 0 Å². The van der Waals surface area contributed by atoms with Gasteiger partial charge in [0.1, 0.15) is 17.3 Å². The molecule has 0 bridgehead atoms. The molecule has 0 saturated heterocycles. The first-order valence-electron chi connectivity index (χ1n) is 7.85. The quantitative estimate of drug-likeness (QED) is 0.780. The molecule has 5 heteroatoms. The zero-order valence-corrected chi connectivity index (χ0v) is 13.5. The number of methoxy groups -OCH3 is 1. The molecule has 1 aromatic heterocycles. The van der Waals surface area contributed by atoms with Crippen LogP contribution in [0, 0.1) is 5.82 Å². The maximum Gasteiger partial charge on any atom is 0.268 e. The van der Waals surface area contributed by atoms with Gasteiger partial charge in [-0.1, -0.05) is 12.1 Å². The molecule has 0 radical (unpaired) electrons. The Balaban J connectivity index is 2.02. The van der Waals surface area contributed by atoms with E-state index >= 15 is 0 Å². The third-order valence-electron chi connectivity index (χ3n) is 4.53. The first kappa shape index (κ1) is 14.8. The van der Waals surface area contributed by atoms with Crippen molar-refractivity contribution >= 4 is 16.8 Å². The van der Waals surface area contributed by atoms with E-state index in [0.29, 0.717) is 12.2 Å². The first-order chi connectivity index (χ1) is 11.6. The van der Waals surface area contributed by atoms with Gasteiger partial charge in [0.25, 0.3) is 5.91 Å². The normalized spacial score (nSPS) is 16.8. The van der Waals surface area contributed by atoms with Gasteiger partial charge in [0.2, 0.25) is 0 Å². The van der Waals surface area contributed by atoms with E-state index in [2.05, 4.69) is 5.32 Å². The predicted molar refractivity (Wildman–Crippen MR) is 90.9 cm³/mol.